The molecule has 2 unspecified atom stereocenters. The van der Waals surface area contributed by atoms with Crippen molar-refractivity contribution in [1.29, 1.82) is 0 Å². The summed E-state index contributed by atoms with van der Waals surface area (Å²) in [6, 6.07) is 0. The highest BCUT2D eigenvalue weighted by atomic mass is 31.2. The summed E-state index contributed by atoms with van der Waals surface area (Å²) in [6.45, 7) is 9.60. The smallest absolute Gasteiger partial charge is 0.462 e. The number of carbonyl (C=O) groups excluding carboxylic acids is 4. The standard InChI is InChI=1S/C84H164O17P2/c1-7-9-11-13-15-17-19-21-22-23-24-25-26-30-33-36-40-43-47-54-60-66-81(86)94-72-79(100-84(89)69-63-57-49-45-41-37-34-31-28-27-29-32-35-38-42-46-52-58-64-76(3)4)74-98-102(90,91)96-70-78(85)71-97-103(92,93)99-75-80(73-95-82(87)67-61-55-51-50-53-59-65-77(5)6)101-83(88)68-62-56-48-44-39-20-18-16-14-12-10-8-2/h76-80,85H,7-75H2,1-6H3,(H,90,91)(H,92,93)/t78-,79-,80-/m1/s1. The quantitative estimate of drug-likeness (QED) is 0.0222. The summed E-state index contributed by atoms with van der Waals surface area (Å²) < 4.78 is 68.7. The van der Waals surface area contributed by atoms with Gasteiger partial charge in [0.1, 0.15) is 19.3 Å². The molecule has 0 spiro atoms. The van der Waals surface area contributed by atoms with Crippen LogP contribution in [0.15, 0.2) is 0 Å². The van der Waals surface area contributed by atoms with E-state index in [4.69, 9.17) is 37.0 Å². The first-order valence-electron chi connectivity index (χ1n) is 43.5. The normalized spacial score (nSPS) is 13.9. The van der Waals surface area contributed by atoms with Crippen LogP contribution in [-0.2, 0) is 65.4 Å². The molecule has 103 heavy (non-hydrogen) atoms. The van der Waals surface area contributed by atoms with Gasteiger partial charge in [-0.1, -0.05) is 395 Å². The summed E-state index contributed by atoms with van der Waals surface area (Å²) in [5.74, 6) is -0.608. The van der Waals surface area contributed by atoms with E-state index in [2.05, 4.69) is 41.5 Å². The van der Waals surface area contributed by atoms with Gasteiger partial charge in [-0.25, -0.2) is 9.13 Å². The Morgan fingerprint density at radius 2 is 0.447 bits per heavy atom. The zero-order valence-electron chi connectivity index (χ0n) is 67.6. The van der Waals surface area contributed by atoms with E-state index in [0.29, 0.717) is 31.6 Å². The van der Waals surface area contributed by atoms with Crippen LogP contribution in [0.5, 0.6) is 0 Å². The lowest BCUT2D eigenvalue weighted by Crippen LogP contribution is -2.30. The van der Waals surface area contributed by atoms with Crippen LogP contribution in [-0.4, -0.2) is 96.7 Å². The van der Waals surface area contributed by atoms with E-state index >= 15 is 0 Å². The van der Waals surface area contributed by atoms with Gasteiger partial charge in [0.15, 0.2) is 12.2 Å². The third-order valence-corrected chi connectivity index (χ3v) is 21.6. The van der Waals surface area contributed by atoms with Crippen molar-refractivity contribution in [2.75, 3.05) is 39.6 Å². The lowest BCUT2D eigenvalue weighted by atomic mass is 10.0. The van der Waals surface area contributed by atoms with Crippen molar-refractivity contribution in [3.8, 4) is 0 Å². The van der Waals surface area contributed by atoms with Gasteiger partial charge in [-0.3, -0.25) is 37.3 Å². The Morgan fingerprint density at radius 3 is 0.660 bits per heavy atom. The summed E-state index contributed by atoms with van der Waals surface area (Å²) in [5, 5.41) is 10.6. The number of hydrogen-bond acceptors (Lipinski definition) is 15. The Kier molecular flexibility index (Phi) is 74.1. The number of phosphoric ester groups is 2. The van der Waals surface area contributed by atoms with Gasteiger partial charge in [0.25, 0.3) is 0 Å². The Morgan fingerprint density at radius 1 is 0.262 bits per heavy atom. The summed E-state index contributed by atoms with van der Waals surface area (Å²) >= 11 is 0. The molecule has 5 atom stereocenters. The second-order valence-corrected chi connectivity index (χ2v) is 34.1. The Hall–Kier alpha value is -1.94. The first kappa shape index (κ1) is 101. The van der Waals surface area contributed by atoms with E-state index in [1.807, 2.05) is 0 Å². The van der Waals surface area contributed by atoms with Crippen LogP contribution < -0.4 is 0 Å². The molecular weight excluding hydrogens is 1340 g/mol. The van der Waals surface area contributed by atoms with E-state index in [1.165, 1.54) is 257 Å². The maximum atomic E-state index is 13.1. The molecule has 0 amide bonds. The maximum absolute atomic E-state index is 13.1. The largest absolute Gasteiger partial charge is 0.472 e. The molecule has 0 aliphatic heterocycles. The van der Waals surface area contributed by atoms with Gasteiger partial charge in [-0.05, 0) is 37.5 Å². The zero-order chi connectivity index (χ0) is 75.6. The van der Waals surface area contributed by atoms with Crippen LogP contribution in [0.4, 0.5) is 0 Å². The third kappa shape index (κ3) is 78.0. The van der Waals surface area contributed by atoms with E-state index in [-0.39, 0.29) is 25.7 Å². The van der Waals surface area contributed by atoms with Crippen molar-refractivity contribution < 1.29 is 80.2 Å². The number of esters is 4. The SMILES string of the molecule is CCCCCCCCCCCCCCCCCCCCCCCC(=O)OC[C@H](COP(=O)(O)OC[C@@H](O)COP(=O)(O)OC[C@@H](COC(=O)CCCCCCCCC(C)C)OC(=O)CCCCCCCCCCCCCC)OC(=O)CCCCCCCCCCCCCCCCCCCCC(C)C. The number of unbranched alkanes of at least 4 members (excludes halogenated alkanes) is 53. The van der Waals surface area contributed by atoms with E-state index in [1.54, 1.807) is 0 Å². The fourth-order valence-electron chi connectivity index (χ4n) is 13.1. The second kappa shape index (κ2) is 75.5. The maximum Gasteiger partial charge on any atom is 0.472 e. The Labute approximate surface area is 632 Å². The summed E-state index contributed by atoms with van der Waals surface area (Å²) in [5.41, 5.74) is 0. The van der Waals surface area contributed by atoms with Crippen molar-refractivity contribution in [1.82, 2.24) is 0 Å². The number of aliphatic hydroxyl groups is 1. The predicted molar refractivity (Wildman–Crippen MR) is 423 cm³/mol. The lowest BCUT2D eigenvalue weighted by Gasteiger charge is -2.21. The molecule has 0 rings (SSSR count). The molecule has 612 valence electrons. The average molecular weight is 1510 g/mol. The lowest BCUT2D eigenvalue weighted by molar-refractivity contribution is -0.161. The van der Waals surface area contributed by atoms with Gasteiger partial charge >= 0.3 is 39.5 Å². The van der Waals surface area contributed by atoms with E-state index < -0.39 is 97.5 Å². The van der Waals surface area contributed by atoms with Crippen molar-refractivity contribution in [3.05, 3.63) is 0 Å². The number of hydrogen-bond donors (Lipinski definition) is 3. The number of aliphatic hydroxyl groups excluding tert-OH is 1. The molecule has 0 bridgehead atoms. The molecule has 0 aromatic carbocycles. The average Bonchev–Trinajstić information content (AvgIpc) is 0.910. The van der Waals surface area contributed by atoms with Gasteiger partial charge in [0, 0.05) is 25.7 Å². The number of carbonyl (C=O) groups is 4. The molecule has 0 aliphatic rings. The Balaban J connectivity index is 5.18. The third-order valence-electron chi connectivity index (χ3n) is 19.7. The first-order valence-corrected chi connectivity index (χ1v) is 46.5. The predicted octanol–water partition coefficient (Wildman–Crippen LogP) is 25.5. The van der Waals surface area contributed by atoms with E-state index in [0.717, 1.165) is 102 Å². The molecule has 17 nitrogen and oxygen atoms in total. The van der Waals surface area contributed by atoms with Gasteiger partial charge in [0.2, 0.25) is 0 Å². The molecule has 0 aromatic heterocycles. The van der Waals surface area contributed by atoms with Gasteiger partial charge in [-0.15, -0.1) is 0 Å². The van der Waals surface area contributed by atoms with Crippen molar-refractivity contribution >= 4 is 39.5 Å². The van der Waals surface area contributed by atoms with Crippen molar-refractivity contribution in [3.63, 3.8) is 0 Å². The van der Waals surface area contributed by atoms with Crippen LogP contribution in [0.1, 0.15) is 446 Å². The molecule has 0 aliphatic carbocycles. The fraction of sp³-hybridized carbons (Fsp3) is 0.952. The highest BCUT2D eigenvalue weighted by molar-refractivity contribution is 7.47. The Bertz CT molecular complexity index is 1980. The number of phosphoric acid groups is 2. The van der Waals surface area contributed by atoms with Crippen molar-refractivity contribution in [2.24, 2.45) is 11.8 Å². The zero-order valence-corrected chi connectivity index (χ0v) is 69.4. The summed E-state index contributed by atoms with van der Waals surface area (Å²) in [6.07, 6.45) is 67.0. The van der Waals surface area contributed by atoms with Crippen molar-refractivity contribution in [2.45, 2.75) is 464 Å². The van der Waals surface area contributed by atoms with Gasteiger partial charge < -0.3 is 33.8 Å². The molecule has 0 saturated heterocycles. The minimum Gasteiger partial charge on any atom is -0.462 e. The topological polar surface area (TPSA) is 237 Å². The minimum absolute atomic E-state index is 0.107. The van der Waals surface area contributed by atoms with Gasteiger partial charge in [-0.2, -0.15) is 0 Å². The molecule has 0 fully saturated rings. The highest BCUT2D eigenvalue weighted by Gasteiger charge is 2.30. The molecule has 3 N–H and O–H groups in total. The van der Waals surface area contributed by atoms with Gasteiger partial charge in [0.05, 0.1) is 26.4 Å². The molecule has 19 heteroatoms. The van der Waals surface area contributed by atoms with Crippen LogP contribution in [0.3, 0.4) is 0 Å². The van der Waals surface area contributed by atoms with Crippen LogP contribution in [0, 0.1) is 11.8 Å². The number of ether oxygens (including phenoxy) is 4. The molecule has 0 radical (unpaired) electrons. The second-order valence-electron chi connectivity index (χ2n) is 31.2. The van der Waals surface area contributed by atoms with Crippen LogP contribution in [0.25, 0.3) is 0 Å². The monoisotopic (exact) mass is 1510 g/mol. The minimum atomic E-state index is -4.96. The number of rotatable bonds is 83. The molecule has 0 saturated carbocycles. The van der Waals surface area contributed by atoms with Crippen LogP contribution in [0.2, 0.25) is 0 Å². The van der Waals surface area contributed by atoms with E-state index in [9.17, 15) is 43.2 Å². The summed E-state index contributed by atoms with van der Waals surface area (Å²) in [7, 11) is -9.92. The first-order chi connectivity index (χ1) is 49.9. The summed E-state index contributed by atoms with van der Waals surface area (Å²) in [4.78, 5) is 73.0. The fourth-order valence-corrected chi connectivity index (χ4v) is 14.6. The van der Waals surface area contributed by atoms with Crippen LogP contribution >= 0.6 is 15.6 Å². The molecular formula is C84H164O17P2. The molecule has 0 heterocycles. The highest BCUT2D eigenvalue weighted by Crippen LogP contribution is 2.45. The molecule has 0 aromatic rings.